The van der Waals surface area contributed by atoms with E-state index in [9.17, 15) is 0 Å². The van der Waals surface area contributed by atoms with Crippen molar-refractivity contribution in [2.45, 2.75) is 19.3 Å². The first-order valence-corrected chi connectivity index (χ1v) is 19.1. The number of hydrogen-bond donors (Lipinski definition) is 0. The predicted octanol–water partition coefficient (Wildman–Crippen LogP) is 14.9. The lowest BCUT2D eigenvalue weighted by molar-refractivity contribution is 0.661. The molecule has 0 heterocycles. The number of nitrogens with zero attached hydrogens (tertiary/aromatic N) is 2. The highest BCUT2D eigenvalue weighted by atomic mass is 15.2. The first-order valence-electron chi connectivity index (χ1n) is 19.1. The first kappa shape index (κ1) is 32.7. The number of benzene rings is 9. The molecule has 0 radical (unpaired) electrons. The van der Waals surface area contributed by atoms with Crippen molar-refractivity contribution < 1.29 is 0 Å². The molecule has 262 valence electrons. The van der Waals surface area contributed by atoms with Crippen LogP contribution in [0.3, 0.4) is 0 Å². The SMILES string of the molecule is CC1(C)c2ccccc2-c2cc3ccc4ccc(N(c5cccc(-c6ccccc6)c5)c5cccc(N(c6ccccc6)c6ccccc6)c5)cc4c3cc21. The fourth-order valence-corrected chi connectivity index (χ4v) is 8.65. The van der Waals surface area contributed by atoms with Crippen LogP contribution in [0, 0.1) is 0 Å². The second-order valence-electron chi connectivity index (χ2n) is 15.0. The van der Waals surface area contributed by atoms with E-state index in [1.165, 1.54) is 54.9 Å². The molecule has 10 rings (SSSR count). The lowest BCUT2D eigenvalue weighted by Crippen LogP contribution is -2.14. The third-order valence-corrected chi connectivity index (χ3v) is 11.4. The van der Waals surface area contributed by atoms with Gasteiger partial charge < -0.3 is 9.80 Å². The summed E-state index contributed by atoms with van der Waals surface area (Å²) in [7, 11) is 0. The fourth-order valence-electron chi connectivity index (χ4n) is 8.65. The van der Waals surface area contributed by atoms with Gasteiger partial charge >= 0.3 is 0 Å². The molecule has 9 aromatic carbocycles. The molecule has 2 heteroatoms. The molecule has 0 amide bonds. The fraction of sp³-hybridized carbons (Fsp3) is 0.0566. The van der Waals surface area contributed by atoms with Crippen molar-refractivity contribution in [3.05, 3.63) is 217 Å². The van der Waals surface area contributed by atoms with Crippen LogP contribution in [0.1, 0.15) is 25.0 Å². The molecule has 0 saturated carbocycles. The van der Waals surface area contributed by atoms with Crippen LogP contribution in [-0.4, -0.2) is 0 Å². The van der Waals surface area contributed by atoms with Crippen LogP contribution < -0.4 is 9.80 Å². The van der Waals surface area contributed by atoms with Crippen LogP contribution in [0.2, 0.25) is 0 Å². The van der Waals surface area contributed by atoms with Gasteiger partial charge in [0.25, 0.3) is 0 Å². The maximum atomic E-state index is 2.47. The summed E-state index contributed by atoms with van der Waals surface area (Å²) >= 11 is 0. The highest BCUT2D eigenvalue weighted by Gasteiger charge is 2.35. The lowest BCUT2D eigenvalue weighted by Gasteiger charge is -2.30. The van der Waals surface area contributed by atoms with Gasteiger partial charge in [-0.3, -0.25) is 0 Å². The monoisotopic (exact) mass is 704 g/mol. The topological polar surface area (TPSA) is 6.48 Å². The van der Waals surface area contributed by atoms with Crippen LogP contribution >= 0.6 is 0 Å². The zero-order valence-corrected chi connectivity index (χ0v) is 31.0. The zero-order valence-electron chi connectivity index (χ0n) is 31.0. The van der Waals surface area contributed by atoms with Crippen molar-refractivity contribution in [1.82, 2.24) is 0 Å². The number of hydrogen-bond acceptors (Lipinski definition) is 2. The van der Waals surface area contributed by atoms with Crippen molar-refractivity contribution >= 4 is 55.7 Å². The molecule has 9 aromatic rings. The molecule has 0 unspecified atom stereocenters. The maximum absolute atomic E-state index is 2.47. The van der Waals surface area contributed by atoms with Gasteiger partial charge in [-0.25, -0.2) is 0 Å². The smallest absolute Gasteiger partial charge is 0.0482 e. The Kier molecular flexibility index (Phi) is 7.85. The van der Waals surface area contributed by atoms with Gasteiger partial charge in [-0.05, 0) is 134 Å². The molecule has 0 saturated heterocycles. The summed E-state index contributed by atoms with van der Waals surface area (Å²) in [5.74, 6) is 0. The molecule has 1 aliphatic rings. The van der Waals surface area contributed by atoms with Crippen LogP contribution in [0.15, 0.2) is 206 Å². The highest BCUT2D eigenvalue weighted by Crippen LogP contribution is 2.51. The second kappa shape index (κ2) is 13.2. The summed E-state index contributed by atoms with van der Waals surface area (Å²) in [6.45, 7) is 4.73. The Hall–Kier alpha value is -6.90. The van der Waals surface area contributed by atoms with Crippen molar-refractivity contribution in [2.75, 3.05) is 9.80 Å². The molecule has 0 fully saturated rings. The van der Waals surface area contributed by atoms with Crippen LogP contribution in [-0.2, 0) is 5.41 Å². The van der Waals surface area contributed by atoms with E-state index in [1.54, 1.807) is 0 Å². The molecular weight excluding hydrogens is 665 g/mol. The number of para-hydroxylation sites is 2. The Bertz CT molecular complexity index is 2800. The van der Waals surface area contributed by atoms with E-state index < -0.39 is 0 Å². The summed E-state index contributed by atoms with van der Waals surface area (Å²) in [6.07, 6.45) is 0. The van der Waals surface area contributed by atoms with Crippen molar-refractivity contribution in [3.63, 3.8) is 0 Å². The highest BCUT2D eigenvalue weighted by molar-refractivity contribution is 6.11. The molecule has 55 heavy (non-hydrogen) atoms. The van der Waals surface area contributed by atoms with Gasteiger partial charge in [-0.2, -0.15) is 0 Å². The van der Waals surface area contributed by atoms with Gasteiger partial charge in [0.05, 0.1) is 0 Å². The van der Waals surface area contributed by atoms with Crippen LogP contribution in [0.25, 0.3) is 43.8 Å². The molecule has 0 spiro atoms. The van der Waals surface area contributed by atoms with Gasteiger partial charge in [0, 0.05) is 39.5 Å². The van der Waals surface area contributed by atoms with E-state index in [1.807, 2.05) is 0 Å². The Morgan fingerprint density at radius 2 is 0.800 bits per heavy atom. The normalized spacial score (nSPS) is 12.7. The van der Waals surface area contributed by atoms with Gasteiger partial charge in [0.1, 0.15) is 0 Å². The van der Waals surface area contributed by atoms with Crippen molar-refractivity contribution in [1.29, 1.82) is 0 Å². The Morgan fingerprint density at radius 3 is 1.51 bits per heavy atom. The van der Waals surface area contributed by atoms with Crippen molar-refractivity contribution in [2.24, 2.45) is 0 Å². The van der Waals surface area contributed by atoms with E-state index in [0.29, 0.717) is 0 Å². The van der Waals surface area contributed by atoms with Gasteiger partial charge in [0.15, 0.2) is 0 Å². The van der Waals surface area contributed by atoms with Gasteiger partial charge in [-0.1, -0.05) is 141 Å². The number of anilines is 6. The zero-order chi connectivity index (χ0) is 36.9. The number of fused-ring (bicyclic) bond motifs is 6. The molecule has 0 aliphatic heterocycles. The summed E-state index contributed by atoms with van der Waals surface area (Å²) in [5, 5.41) is 5.03. The molecular formula is C53H40N2. The maximum Gasteiger partial charge on any atom is 0.0482 e. The average Bonchev–Trinajstić information content (AvgIpc) is 3.46. The van der Waals surface area contributed by atoms with Crippen LogP contribution in [0.4, 0.5) is 34.1 Å². The largest absolute Gasteiger partial charge is 0.310 e. The standard InChI is InChI=1S/C53H40N2/c1-53(2)51-27-13-12-26-47(51)50-33-40-29-28-38-30-31-46(35-48(38)49(40)36-52(50)53)55(43-23-14-18-39(32-43)37-16-6-3-7-17-37)45-25-15-24-44(34-45)54(41-19-8-4-9-20-41)42-21-10-5-11-22-42/h3-36H,1-2H3. The third-order valence-electron chi connectivity index (χ3n) is 11.4. The second-order valence-corrected chi connectivity index (χ2v) is 15.0. The minimum absolute atomic E-state index is 0.0758. The molecule has 0 N–H and O–H groups in total. The average molecular weight is 705 g/mol. The van der Waals surface area contributed by atoms with E-state index >= 15 is 0 Å². The minimum atomic E-state index is -0.0758. The quantitative estimate of drug-likeness (QED) is 0.152. The van der Waals surface area contributed by atoms with Gasteiger partial charge in [-0.15, -0.1) is 0 Å². The van der Waals surface area contributed by atoms with Crippen molar-refractivity contribution in [3.8, 4) is 22.3 Å². The molecule has 1 aliphatic carbocycles. The van der Waals surface area contributed by atoms with E-state index in [4.69, 9.17) is 0 Å². The minimum Gasteiger partial charge on any atom is -0.310 e. The summed E-state index contributed by atoms with van der Waals surface area (Å²) < 4.78 is 0. The van der Waals surface area contributed by atoms with Crippen LogP contribution in [0.5, 0.6) is 0 Å². The molecule has 0 atom stereocenters. The molecule has 2 nitrogen and oxygen atoms in total. The summed E-state index contributed by atoms with van der Waals surface area (Å²) in [5.41, 5.74) is 14.4. The Morgan fingerprint density at radius 1 is 0.309 bits per heavy atom. The summed E-state index contributed by atoms with van der Waals surface area (Å²) in [6, 6.07) is 75.0. The van der Waals surface area contributed by atoms with E-state index in [0.717, 1.165) is 34.1 Å². The summed E-state index contributed by atoms with van der Waals surface area (Å²) in [4.78, 5) is 4.74. The predicted molar refractivity (Wildman–Crippen MR) is 234 cm³/mol. The Labute approximate surface area is 323 Å². The van der Waals surface area contributed by atoms with E-state index in [-0.39, 0.29) is 5.41 Å². The molecule has 0 bridgehead atoms. The molecule has 0 aromatic heterocycles. The third kappa shape index (κ3) is 5.66. The number of rotatable bonds is 7. The van der Waals surface area contributed by atoms with Gasteiger partial charge in [0.2, 0.25) is 0 Å². The Balaban J connectivity index is 1.18. The van der Waals surface area contributed by atoms with E-state index in [2.05, 4.69) is 230 Å². The lowest BCUT2D eigenvalue weighted by atomic mass is 9.81. The first-order chi connectivity index (χ1) is 27.0.